The van der Waals surface area contributed by atoms with Crippen molar-refractivity contribution in [3.8, 4) is 5.75 Å². The van der Waals surface area contributed by atoms with E-state index in [9.17, 15) is 10.2 Å². The van der Waals surface area contributed by atoms with Crippen LogP contribution < -0.4 is 4.74 Å². The molecule has 0 radical (unpaired) electrons. The largest absolute Gasteiger partial charge is 0.491 e. The van der Waals surface area contributed by atoms with E-state index in [0.29, 0.717) is 23.5 Å². The van der Waals surface area contributed by atoms with Crippen molar-refractivity contribution in [1.82, 2.24) is 4.98 Å². The molecule has 4 nitrogen and oxygen atoms in total. The van der Waals surface area contributed by atoms with Crippen molar-refractivity contribution >= 4 is 0 Å². The van der Waals surface area contributed by atoms with Gasteiger partial charge in [0.1, 0.15) is 5.75 Å². The van der Waals surface area contributed by atoms with Gasteiger partial charge in [0, 0.05) is 17.3 Å². The second-order valence-electron chi connectivity index (χ2n) is 5.11. The summed E-state index contributed by atoms with van der Waals surface area (Å²) in [4.78, 5) is 4.20. The molecule has 1 aromatic rings. The van der Waals surface area contributed by atoms with Gasteiger partial charge in [-0.15, -0.1) is 0 Å². The Bertz CT molecular complexity index is 394. The topological polar surface area (TPSA) is 62.6 Å². The predicted molar refractivity (Wildman–Crippen MR) is 79.7 cm³/mol. The van der Waals surface area contributed by atoms with Crippen LogP contribution in [0.3, 0.4) is 0 Å². The van der Waals surface area contributed by atoms with Crippen molar-refractivity contribution in [1.29, 1.82) is 0 Å². The molecule has 0 atom stereocenters. The number of aliphatic hydroxyl groups is 2. The minimum Gasteiger partial charge on any atom is -0.491 e. The monoisotopic (exact) mass is 281 g/mol. The van der Waals surface area contributed by atoms with Gasteiger partial charge in [0.25, 0.3) is 0 Å². The molecular formula is C16H27NO3. The van der Waals surface area contributed by atoms with E-state index in [1.165, 1.54) is 32.1 Å². The summed E-state index contributed by atoms with van der Waals surface area (Å²) in [6, 6.07) is 0. The molecule has 114 valence electrons. The molecule has 4 heteroatoms. The molecule has 2 N–H and O–H groups in total. The second-order valence-corrected chi connectivity index (χ2v) is 5.11. The van der Waals surface area contributed by atoms with Gasteiger partial charge in [0.15, 0.2) is 0 Å². The first-order valence-corrected chi connectivity index (χ1v) is 7.56. The Hall–Kier alpha value is -1.13. The minimum absolute atomic E-state index is 0.128. The van der Waals surface area contributed by atoms with Gasteiger partial charge in [0.2, 0.25) is 0 Å². The van der Waals surface area contributed by atoms with E-state index in [1.807, 2.05) is 6.92 Å². The number of aromatic nitrogens is 1. The van der Waals surface area contributed by atoms with E-state index < -0.39 is 0 Å². The number of nitrogens with zero attached hydrogens (tertiary/aromatic N) is 1. The zero-order valence-electron chi connectivity index (χ0n) is 12.7. The molecule has 0 aliphatic rings. The van der Waals surface area contributed by atoms with Crippen LogP contribution >= 0.6 is 0 Å². The average Bonchev–Trinajstić information content (AvgIpc) is 2.47. The van der Waals surface area contributed by atoms with Crippen LogP contribution in [0.5, 0.6) is 5.75 Å². The number of unbranched alkanes of at least 4 members (excludes halogenated alkanes) is 5. The molecule has 0 aliphatic carbocycles. The molecule has 0 saturated carbocycles. The lowest BCUT2D eigenvalue weighted by Crippen LogP contribution is -2.06. The Morgan fingerprint density at radius 1 is 1.05 bits per heavy atom. The lowest BCUT2D eigenvalue weighted by molar-refractivity contribution is 0.243. The zero-order chi connectivity index (χ0) is 14.8. The van der Waals surface area contributed by atoms with Gasteiger partial charge in [-0.3, -0.25) is 4.98 Å². The van der Waals surface area contributed by atoms with Crippen LogP contribution in [0.1, 0.15) is 62.3 Å². The average molecular weight is 281 g/mol. The Morgan fingerprint density at radius 2 is 1.75 bits per heavy atom. The number of pyridine rings is 1. The molecule has 20 heavy (non-hydrogen) atoms. The van der Waals surface area contributed by atoms with Gasteiger partial charge in [-0.1, -0.05) is 39.0 Å². The Kier molecular flexibility index (Phi) is 8.23. The molecule has 1 heterocycles. The molecule has 0 aromatic carbocycles. The highest BCUT2D eigenvalue weighted by molar-refractivity contribution is 5.41. The fourth-order valence-electron chi connectivity index (χ4n) is 2.23. The third-order valence-electron chi connectivity index (χ3n) is 3.48. The Labute approximate surface area is 121 Å². The van der Waals surface area contributed by atoms with E-state index in [0.717, 1.165) is 12.1 Å². The third-order valence-corrected chi connectivity index (χ3v) is 3.48. The first-order valence-electron chi connectivity index (χ1n) is 7.56. The van der Waals surface area contributed by atoms with Crippen LogP contribution in [0.25, 0.3) is 0 Å². The Morgan fingerprint density at radius 3 is 2.40 bits per heavy atom. The maximum absolute atomic E-state index is 9.44. The van der Waals surface area contributed by atoms with Crippen molar-refractivity contribution in [2.45, 2.75) is 65.6 Å². The lowest BCUT2D eigenvalue weighted by atomic mass is 10.1. The predicted octanol–water partition coefficient (Wildman–Crippen LogP) is 3.11. The molecule has 0 bridgehead atoms. The van der Waals surface area contributed by atoms with Crippen LogP contribution in [0.15, 0.2) is 6.20 Å². The summed E-state index contributed by atoms with van der Waals surface area (Å²) >= 11 is 0. The number of rotatable bonds is 10. The summed E-state index contributed by atoms with van der Waals surface area (Å²) in [7, 11) is 0. The van der Waals surface area contributed by atoms with Crippen LogP contribution in [0.4, 0.5) is 0 Å². The van der Waals surface area contributed by atoms with E-state index in [1.54, 1.807) is 6.20 Å². The normalized spacial score (nSPS) is 10.8. The fraction of sp³-hybridized carbons (Fsp3) is 0.688. The smallest absolute Gasteiger partial charge is 0.146 e. The van der Waals surface area contributed by atoms with E-state index >= 15 is 0 Å². The molecule has 0 spiro atoms. The van der Waals surface area contributed by atoms with Crippen LogP contribution in [-0.2, 0) is 13.2 Å². The summed E-state index contributed by atoms with van der Waals surface area (Å²) < 4.78 is 5.77. The number of hydrogen-bond acceptors (Lipinski definition) is 4. The van der Waals surface area contributed by atoms with Crippen molar-refractivity contribution in [2.24, 2.45) is 0 Å². The van der Waals surface area contributed by atoms with Crippen molar-refractivity contribution in [2.75, 3.05) is 6.61 Å². The number of aliphatic hydroxyl groups excluding tert-OH is 2. The molecule has 0 amide bonds. The van der Waals surface area contributed by atoms with Gasteiger partial charge in [0.05, 0.1) is 25.5 Å². The second kappa shape index (κ2) is 9.72. The summed E-state index contributed by atoms with van der Waals surface area (Å²) in [5, 5.41) is 18.7. The highest BCUT2D eigenvalue weighted by Gasteiger charge is 2.12. The van der Waals surface area contributed by atoms with Crippen LogP contribution in [-0.4, -0.2) is 21.8 Å². The maximum Gasteiger partial charge on any atom is 0.146 e. The zero-order valence-corrected chi connectivity index (χ0v) is 12.7. The lowest BCUT2D eigenvalue weighted by Gasteiger charge is -2.15. The van der Waals surface area contributed by atoms with Gasteiger partial charge >= 0.3 is 0 Å². The Balaban J connectivity index is 2.46. The summed E-state index contributed by atoms with van der Waals surface area (Å²) in [5.41, 5.74) is 2.05. The summed E-state index contributed by atoms with van der Waals surface area (Å²) in [6.45, 7) is 4.44. The van der Waals surface area contributed by atoms with Crippen molar-refractivity contribution < 1.29 is 14.9 Å². The van der Waals surface area contributed by atoms with E-state index in [4.69, 9.17) is 4.74 Å². The van der Waals surface area contributed by atoms with E-state index in [-0.39, 0.29) is 13.2 Å². The first-order chi connectivity index (χ1) is 9.74. The molecular weight excluding hydrogens is 254 g/mol. The summed E-state index contributed by atoms with van der Waals surface area (Å²) in [5.74, 6) is 0.632. The number of ether oxygens (including phenoxy) is 1. The highest BCUT2D eigenvalue weighted by atomic mass is 16.5. The number of aryl methyl sites for hydroxylation is 1. The maximum atomic E-state index is 9.44. The van der Waals surface area contributed by atoms with Gasteiger partial charge in [-0.05, 0) is 13.3 Å². The van der Waals surface area contributed by atoms with E-state index in [2.05, 4.69) is 11.9 Å². The first kappa shape index (κ1) is 16.9. The minimum atomic E-state index is -0.134. The van der Waals surface area contributed by atoms with Gasteiger partial charge in [-0.2, -0.15) is 0 Å². The third kappa shape index (κ3) is 5.10. The fourth-order valence-corrected chi connectivity index (χ4v) is 2.23. The SMILES string of the molecule is CCCCCCCCOc1c(C)ncc(CO)c1CO. The highest BCUT2D eigenvalue weighted by Crippen LogP contribution is 2.25. The molecule has 1 rings (SSSR count). The molecule has 0 unspecified atom stereocenters. The molecule has 1 aromatic heterocycles. The van der Waals surface area contributed by atoms with Gasteiger partial charge < -0.3 is 14.9 Å². The van der Waals surface area contributed by atoms with Gasteiger partial charge in [-0.25, -0.2) is 0 Å². The number of hydrogen-bond donors (Lipinski definition) is 2. The quantitative estimate of drug-likeness (QED) is 0.647. The van der Waals surface area contributed by atoms with Crippen molar-refractivity contribution in [3.63, 3.8) is 0 Å². The van der Waals surface area contributed by atoms with Crippen LogP contribution in [0.2, 0.25) is 0 Å². The standard InChI is InChI=1S/C16H27NO3/c1-3-4-5-6-7-8-9-20-16-13(2)17-10-14(11-18)15(16)12-19/h10,18-19H,3-9,11-12H2,1-2H3. The molecule has 0 aliphatic heterocycles. The summed E-state index contributed by atoms with van der Waals surface area (Å²) in [6.07, 6.45) is 8.87. The van der Waals surface area contributed by atoms with Crippen LogP contribution in [0, 0.1) is 6.92 Å². The molecule has 0 fully saturated rings. The van der Waals surface area contributed by atoms with Crippen molar-refractivity contribution in [3.05, 3.63) is 23.0 Å². The molecule has 0 saturated heterocycles.